The molecule has 0 heterocycles. The minimum atomic E-state index is -4.04. The summed E-state index contributed by atoms with van der Waals surface area (Å²) in [6.07, 6.45) is -4.74. The monoisotopic (exact) mass is 232 g/mol. The van der Waals surface area contributed by atoms with Crippen LogP contribution in [-0.4, -0.2) is 37.5 Å². The van der Waals surface area contributed by atoms with E-state index in [1.54, 1.807) is 0 Å². The Morgan fingerprint density at radius 3 is 2.00 bits per heavy atom. The molecule has 80 valence electrons. The first kappa shape index (κ1) is 13.1. The third-order valence-corrected chi connectivity index (χ3v) is 10.8. The summed E-state index contributed by atoms with van der Waals surface area (Å²) in [5.74, 6) is 0. The number of halogens is 3. The second-order valence-electron chi connectivity index (χ2n) is 3.01. The van der Waals surface area contributed by atoms with Crippen molar-refractivity contribution in [2.75, 3.05) is 14.2 Å². The third-order valence-electron chi connectivity index (χ3n) is 1.95. The van der Waals surface area contributed by atoms with E-state index in [0.29, 0.717) is 0 Å². The Bertz CT molecular complexity index is 147. The van der Waals surface area contributed by atoms with Crippen LogP contribution in [0.1, 0.15) is 6.42 Å². The highest BCUT2D eigenvalue weighted by Crippen LogP contribution is 2.22. The van der Waals surface area contributed by atoms with Crippen molar-refractivity contribution in [3.63, 3.8) is 0 Å². The molecule has 0 unspecified atom stereocenters. The van der Waals surface area contributed by atoms with Crippen LogP contribution in [0.25, 0.3) is 0 Å². The molecule has 0 aromatic heterocycles. The number of alkyl halides is 3. The fourth-order valence-electron chi connectivity index (χ4n) is 0.897. The van der Waals surface area contributed by atoms with Crippen LogP contribution in [0.4, 0.5) is 13.2 Å². The molecule has 0 aromatic rings. The second-order valence-corrected chi connectivity index (χ2v) is 12.7. The molecule has 0 saturated carbocycles. The first-order chi connectivity index (χ1) is 5.83. The van der Waals surface area contributed by atoms with E-state index in [2.05, 4.69) is 0 Å². The van der Waals surface area contributed by atoms with Gasteiger partial charge in [0.25, 0.3) is 0 Å². The summed E-state index contributed by atoms with van der Waals surface area (Å²) >= 11 is 0. The maximum atomic E-state index is 11.8. The van der Waals surface area contributed by atoms with Crippen molar-refractivity contribution in [1.29, 1.82) is 0 Å². The molecule has 0 fully saturated rings. The van der Waals surface area contributed by atoms with E-state index in [1.165, 1.54) is 14.2 Å². The lowest BCUT2D eigenvalue weighted by molar-refractivity contribution is -0.130. The van der Waals surface area contributed by atoms with Crippen molar-refractivity contribution in [1.82, 2.24) is 0 Å². The van der Waals surface area contributed by atoms with E-state index >= 15 is 0 Å². The zero-order valence-electron chi connectivity index (χ0n) is 8.07. The van der Waals surface area contributed by atoms with Gasteiger partial charge in [-0.1, -0.05) is 6.04 Å². The molecule has 0 spiro atoms. The van der Waals surface area contributed by atoms with Gasteiger partial charge in [-0.2, -0.15) is 13.2 Å². The predicted molar refractivity (Wildman–Crippen MR) is 49.7 cm³/mol. The van der Waals surface area contributed by atoms with Crippen molar-refractivity contribution in [2.24, 2.45) is 0 Å². The van der Waals surface area contributed by atoms with Gasteiger partial charge in [-0.3, -0.25) is 0 Å². The number of hydrogen-bond acceptors (Lipinski definition) is 2. The summed E-state index contributed by atoms with van der Waals surface area (Å²) in [4.78, 5) is 0. The molecule has 13 heavy (non-hydrogen) atoms. The van der Waals surface area contributed by atoms with Gasteiger partial charge in [0.1, 0.15) is 0 Å². The first-order valence-electron chi connectivity index (χ1n) is 4.00. The smallest absolute Gasteiger partial charge is 0.388 e. The second kappa shape index (κ2) is 5.13. The summed E-state index contributed by atoms with van der Waals surface area (Å²) in [6, 6.07) is 0.216. The zero-order chi connectivity index (χ0) is 10.5. The van der Waals surface area contributed by atoms with Crippen molar-refractivity contribution >= 4 is 17.1 Å². The maximum Gasteiger partial charge on any atom is 0.388 e. The van der Waals surface area contributed by atoms with Gasteiger partial charge in [0.2, 0.25) is 0 Å². The zero-order valence-corrected chi connectivity index (χ0v) is 10.5. The molecule has 0 aromatic carbocycles. The minimum absolute atomic E-state index is 0.216. The van der Waals surface area contributed by atoms with E-state index in [0.717, 1.165) is 0 Å². The molecule has 0 atom stereocenters. The molecule has 0 rings (SSSR count). The number of rotatable bonds is 5. The molecule has 0 aliphatic rings. The maximum absolute atomic E-state index is 11.8. The van der Waals surface area contributed by atoms with Crippen LogP contribution in [-0.2, 0) is 8.85 Å². The standard InChI is InChI=1S/C6H15F3O2Si2/c1-10-13(3,11-2)12-5-4-6(7,8)9/h4-5,12H2,1-3H3. The van der Waals surface area contributed by atoms with Crippen molar-refractivity contribution in [2.45, 2.75) is 25.2 Å². The van der Waals surface area contributed by atoms with Gasteiger partial charge in [-0.25, -0.2) is 0 Å². The van der Waals surface area contributed by atoms with Gasteiger partial charge in [0, 0.05) is 20.6 Å². The van der Waals surface area contributed by atoms with Crippen LogP contribution >= 0.6 is 0 Å². The SMILES string of the molecule is CO[Si](C)(OC)[SiH2]CCC(F)(F)F. The molecule has 0 radical (unpaired) electrons. The molecular weight excluding hydrogens is 217 g/mol. The topological polar surface area (TPSA) is 18.5 Å². The summed E-state index contributed by atoms with van der Waals surface area (Å²) in [7, 11) is -0.0143. The van der Waals surface area contributed by atoms with Crippen molar-refractivity contribution in [3.8, 4) is 0 Å². The van der Waals surface area contributed by atoms with Crippen LogP contribution in [0.2, 0.25) is 12.6 Å². The molecule has 2 nitrogen and oxygen atoms in total. The van der Waals surface area contributed by atoms with Gasteiger partial charge in [0.15, 0.2) is 0 Å². The van der Waals surface area contributed by atoms with Gasteiger partial charge in [-0.15, -0.1) is 0 Å². The third kappa shape index (κ3) is 6.25. The van der Waals surface area contributed by atoms with Crippen LogP contribution in [0.15, 0.2) is 0 Å². The Morgan fingerprint density at radius 1 is 1.23 bits per heavy atom. The van der Waals surface area contributed by atoms with Crippen LogP contribution in [0.3, 0.4) is 0 Å². The Kier molecular flexibility index (Phi) is 5.19. The Labute approximate surface area is 79.3 Å². The highest BCUT2D eigenvalue weighted by atomic mass is 29.2. The van der Waals surface area contributed by atoms with Gasteiger partial charge < -0.3 is 8.85 Å². The fourth-order valence-corrected chi connectivity index (χ4v) is 6.37. The van der Waals surface area contributed by atoms with Gasteiger partial charge in [0.05, 0.1) is 9.04 Å². The lowest BCUT2D eigenvalue weighted by Crippen LogP contribution is -2.43. The Hall–Kier alpha value is 0.144. The lowest BCUT2D eigenvalue weighted by atomic mass is 10.5. The predicted octanol–water partition coefficient (Wildman–Crippen LogP) is 1.39. The number of hydrogen-bond donors (Lipinski definition) is 0. The van der Waals surface area contributed by atoms with Gasteiger partial charge >= 0.3 is 14.3 Å². The van der Waals surface area contributed by atoms with E-state index in [9.17, 15) is 13.2 Å². The summed E-state index contributed by atoms with van der Waals surface area (Å²) in [5, 5.41) is 0. The minimum Gasteiger partial charge on any atom is -0.401 e. The lowest BCUT2D eigenvalue weighted by Gasteiger charge is -2.22. The average molecular weight is 232 g/mol. The molecule has 7 heteroatoms. The van der Waals surface area contributed by atoms with Crippen molar-refractivity contribution in [3.05, 3.63) is 0 Å². The summed E-state index contributed by atoms with van der Waals surface area (Å²) in [5.41, 5.74) is 0. The summed E-state index contributed by atoms with van der Waals surface area (Å²) in [6.45, 7) is 1.82. The van der Waals surface area contributed by atoms with E-state index in [-0.39, 0.29) is 6.04 Å². The Balaban J connectivity index is 3.74. The first-order valence-corrected chi connectivity index (χ1v) is 9.64. The van der Waals surface area contributed by atoms with Gasteiger partial charge in [-0.05, 0) is 6.55 Å². The fraction of sp³-hybridized carbons (Fsp3) is 1.00. The normalized spacial score (nSPS) is 14.3. The quantitative estimate of drug-likeness (QED) is 0.667. The van der Waals surface area contributed by atoms with E-state index < -0.39 is 29.7 Å². The molecule has 0 aliphatic heterocycles. The van der Waals surface area contributed by atoms with E-state index in [1.807, 2.05) is 6.55 Å². The highest BCUT2D eigenvalue weighted by Gasteiger charge is 2.32. The molecule has 0 saturated heterocycles. The molecule has 0 amide bonds. The Morgan fingerprint density at radius 2 is 1.69 bits per heavy atom. The van der Waals surface area contributed by atoms with E-state index in [4.69, 9.17) is 8.85 Å². The molecule has 0 aliphatic carbocycles. The molecule has 0 bridgehead atoms. The van der Waals surface area contributed by atoms with Crippen molar-refractivity contribution < 1.29 is 22.0 Å². The van der Waals surface area contributed by atoms with Crippen LogP contribution in [0, 0.1) is 0 Å². The highest BCUT2D eigenvalue weighted by molar-refractivity contribution is 7.17. The molecular formula is C6H15F3O2Si2. The summed E-state index contributed by atoms with van der Waals surface area (Å²) < 4.78 is 45.6. The van der Waals surface area contributed by atoms with Crippen LogP contribution < -0.4 is 0 Å². The average Bonchev–Trinajstić information content (AvgIpc) is 2.02. The van der Waals surface area contributed by atoms with Crippen LogP contribution in [0.5, 0.6) is 0 Å². The largest absolute Gasteiger partial charge is 0.401 e. The molecule has 0 N–H and O–H groups in total.